The number of piperazine rings is 1. The van der Waals surface area contributed by atoms with Gasteiger partial charge in [0.15, 0.2) is 5.76 Å². The number of aromatic nitrogens is 2. The lowest BCUT2D eigenvalue weighted by atomic mass is 10.2. The van der Waals surface area contributed by atoms with Crippen LogP contribution in [-0.2, 0) is 0 Å². The number of carbonyl (C=O) groups is 2. The lowest BCUT2D eigenvalue weighted by Gasteiger charge is -2.34. The molecule has 1 saturated heterocycles. The fourth-order valence-electron chi connectivity index (χ4n) is 3.49. The van der Waals surface area contributed by atoms with Crippen LogP contribution in [0, 0.1) is 6.92 Å². The number of nitrogens with zero attached hydrogens (tertiary/aromatic N) is 5. The van der Waals surface area contributed by atoms with Gasteiger partial charge in [0, 0.05) is 45.0 Å². The number of amides is 2. The maximum atomic E-state index is 13.0. The number of carbonyl (C=O) groups excluding carboxylic acids is 2. The van der Waals surface area contributed by atoms with Crippen molar-refractivity contribution in [3.8, 4) is 0 Å². The van der Waals surface area contributed by atoms with Gasteiger partial charge in [-0.05, 0) is 38.0 Å². The Labute approximate surface area is 171 Å². The summed E-state index contributed by atoms with van der Waals surface area (Å²) in [7, 11) is 0. The van der Waals surface area contributed by atoms with Crippen molar-refractivity contribution in [3.05, 3.63) is 41.6 Å². The topological polar surface area (TPSA) is 82.8 Å². The number of rotatable bonds is 7. The summed E-state index contributed by atoms with van der Waals surface area (Å²) in [6, 6.07) is 5.09. The van der Waals surface area contributed by atoms with Gasteiger partial charge in [-0.3, -0.25) is 9.59 Å². The quantitative estimate of drug-likeness (QED) is 0.712. The monoisotopic (exact) mass is 399 g/mol. The summed E-state index contributed by atoms with van der Waals surface area (Å²) in [5.74, 6) is 0.684. The van der Waals surface area contributed by atoms with Gasteiger partial charge >= 0.3 is 0 Å². The zero-order chi connectivity index (χ0) is 20.8. The Balaban J connectivity index is 1.68. The standard InChI is InChI=1S/C21H29N5O3/c1-4-8-26(9-5-2)21-22-16(3)15-17(23-21)19(27)24-10-12-25(13-11-24)20(28)18-7-6-14-29-18/h6-7,14-15H,4-5,8-13H2,1-3H3. The SMILES string of the molecule is CCCN(CCC)c1nc(C)cc(C(=O)N2CCN(C(=O)c3ccco3)CC2)n1. The first kappa shape index (κ1) is 20.8. The van der Waals surface area contributed by atoms with Gasteiger partial charge in [-0.25, -0.2) is 9.97 Å². The van der Waals surface area contributed by atoms with Gasteiger partial charge in [0.25, 0.3) is 11.8 Å². The molecule has 1 aliphatic rings. The Bertz CT molecular complexity index is 823. The number of anilines is 1. The molecule has 2 aromatic rings. The third kappa shape index (κ3) is 4.93. The van der Waals surface area contributed by atoms with E-state index in [1.807, 2.05) is 6.92 Å². The number of hydrogen-bond acceptors (Lipinski definition) is 6. The molecule has 2 aromatic heterocycles. The highest BCUT2D eigenvalue weighted by atomic mass is 16.3. The molecule has 0 bridgehead atoms. The molecule has 0 radical (unpaired) electrons. The van der Waals surface area contributed by atoms with Crippen molar-refractivity contribution in [2.45, 2.75) is 33.6 Å². The van der Waals surface area contributed by atoms with E-state index in [1.165, 1.54) is 6.26 Å². The normalized spacial score (nSPS) is 14.2. The van der Waals surface area contributed by atoms with E-state index in [9.17, 15) is 9.59 Å². The van der Waals surface area contributed by atoms with E-state index in [4.69, 9.17) is 4.42 Å². The predicted molar refractivity (Wildman–Crippen MR) is 110 cm³/mol. The molecule has 3 rings (SSSR count). The van der Waals surface area contributed by atoms with Gasteiger partial charge in [0.05, 0.1) is 6.26 Å². The summed E-state index contributed by atoms with van der Waals surface area (Å²) in [5, 5.41) is 0. The lowest BCUT2D eigenvalue weighted by molar-refractivity contribution is 0.0515. The van der Waals surface area contributed by atoms with Crippen molar-refractivity contribution >= 4 is 17.8 Å². The molecular formula is C21H29N5O3. The molecule has 3 heterocycles. The number of aryl methyl sites for hydroxylation is 1. The predicted octanol–water partition coefficient (Wildman–Crippen LogP) is 2.60. The highest BCUT2D eigenvalue weighted by Crippen LogP contribution is 2.15. The number of hydrogen-bond donors (Lipinski definition) is 0. The van der Waals surface area contributed by atoms with E-state index in [0.717, 1.165) is 31.6 Å². The molecule has 0 atom stereocenters. The molecule has 0 aliphatic carbocycles. The molecule has 0 N–H and O–H groups in total. The van der Waals surface area contributed by atoms with Crippen LogP contribution in [0.2, 0.25) is 0 Å². The van der Waals surface area contributed by atoms with Crippen molar-refractivity contribution in [1.82, 2.24) is 19.8 Å². The largest absolute Gasteiger partial charge is 0.459 e. The Morgan fingerprint density at radius 1 is 1.03 bits per heavy atom. The van der Waals surface area contributed by atoms with Gasteiger partial charge in [-0.15, -0.1) is 0 Å². The molecule has 1 fully saturated rings. The van der Waals surface area contributed by atoms with E-state index < -0.39 is 0 Å². The molecular weight excluding hydrogens is 370 g/mol. The average Bonchev–Trinajstić information content (AvgIpc) is 3.27. The van der Waals surface area contributed by atoms with Crippen LogP contribution in [0.15, 0.2) is 28.9 Å². The molecule has 8 nitrogen and oxygen atoms in total. The van der Waals surface area contributed by atoms with Gasteiger partial charge in [0.1, 0.15) is 5.69 Å². The third-order valence-electron chi connectivity index (χ3n) is 4.92. The summed E-state index contributed by atoms with van der Waals surface area (Å²) in [5.41, 5.74) is 1.19. The van der Waals surface area contributed by atoms with Crippen molar-refractivity contribution in [3.63, 3.8) is 0 Å². The van der Waals surface area contributed by atoms with Gasteiger partial charge in [0.2, 0.25) is 5.95 Å². The summed E-state index contributed by atoms with van der Waals surface area (Å²) < 4.78 is 5.19. The minimum absolute atomic E-state index is 0.116. The van der Waals surface area contributed by atoms with Crippen LogP contribution in [0.1, 0.15) is 53.4 Å². The number of furan rings is 1. The zero-order valence-corrected chi connectivity index (χ0v) is 17.4. The molecule has 8 heteroatoms. The molecule has 29 heavy (non-hydrogen) atoms. The molecule has 156 valence electrons. The summed E-state index contributed by atoms with van der Waals surface area (Å²) in [6.45, 7) is 9.73. The maximum absolute atomic E-state index is 13.0. The second-order valence-corrected chi connectivity index (χ2v) is 7.24. The van der Waals surface area contributed by atoms with E-state index in [2.05, 4.69) is 28.7 Å². The first-order valence-electron chi connectivity index (χ1n) is 10.3. The van der Waals surface area contributed by atoms with Crippen LogP contribution in [-0.4, -0.2) is 70.9 Å². The van der Waals surface area contributed by atoms with Gasteiger partial charge in [-0.1, -0.05) is 13.8 Å². The van der Waals surface area contributed by atoms with E-state index in [-0.39, 0.29) is 11.8 Å². The van der Waals surface area contributed by atoms with Crippen LogP contribution < -0.4 is 4.90 Å². The molecule has 1 aliphatic heterocycles. The second kappa shape index (κ2) is 9.54. The first-order valence-corrected chi connectivity index (χ1v) is 10.3. The molecule has 2 amide bonds. The highest BCUT2D eigenvalue weighted by molar-refractivity contribution is 5.94. The average molecular weight is 399 g/mol. The Morgan fingerprint density at radius 2 is 1.66 bits per heavy atom. The van der Waals surface area contributed by atoms with Crippen molar-refractivity contribution in [1.29, 1.82) is 0 Å². The van der Waals surface area contributed by atoms with Crippen molar-refractivity contribution in [2.24, 2.45) is 0 Å². The first-order chi connectivity index (χ1) is 14.0. The van der Waals surface area contributed by atoms with Crippen LogP contribution in [0.3, 0.4) is 0 Å². The zero-order valence-electron chi connectivity index (χ0n) is 17.4. The van der Waals surface area contributed by atoms with Gasteiger partial charge < -0.3 is 19.1 Å². The molecule has 0 aromatic carbocycles. The van der Waals surface area contributed by atoms with Crippen LogP contribution >= 0.6 is 0 Å². The van der Waals surface area contributed by atoms with E-state index >= 15 is 0 Å². The Morgan fingerprint density at radius 3 is 2.21 bits per heavy atom. The summed E-state index contributed by atoms with van der Waals surface area (Å²) in [6.07, 6.45) is 3.47. The maximum Gasteiger partial charge on any atom is 0.289 e. The second-order valence-electron chi connectivity index (χ2n) is 7.24. The van der Waals surface area contributed by atoms with Crippen LogP contribution in [0.4, 0.5) is 5.95 Å². The van der Waals surface area contributed by atoms with E-state index in [1.54, 1.807) is 28.0 Å². The molecule has 0 unspecified atom stereocenters. The van der Waals surface area contributed by atoms with Crippen LogP contribution in [0.25, 0.3) is 0 Å². The van der Waals surface area contributed by atoms with Crippen molar-refractivity contribution < 1.29 is 14.0 Å². The van der Waals surface area contributed by atoms with E-state index in [0.29, 0.717) is 43.6 Å². The minimum Gasteiger partial charge on any atom is -0.459 e. The van der Waals surface area contributed by atoms with Crippen LogP contribution in [0.5, 0.6) is 0 Å². The highest BCUT2D eigenvalue weighted by Gasteiger charge is 2.27. The Kier molecular flexibility index (Phi) is 6.85. The molecule has 0 saturated carbocycles. The van der Waals surface area contributed by atoms with Crippen molar-refractivity contribution in [2.75, 3.05) is 44.2 Å². The minimum atomic E-state index is -0.142. The summed E-state index contributed by atoms with van der Waals surface area (Å²) >= 11 is 0. The smallest absolute Gasteiger partial charge is 0.289 e. The fourth-order valence-corrected chi connectivity index (χ4v) is 3.49. The lowest BCUT2D eigenvalue weighted by Crippen LogP contribution is -2.50. The fraction of sp³-hybridized carbons (Fsp3) is 0.524. The Hall–Kier alpha value is -2.90. The summed E-state index contributed by atoms with van der Waals surface area (Å²) in [4.78, 5) is 40.1. The molecule has 0 spiro atoms. The third-order valence-corrected chi connectivity index (χ3v) is 4.92. The van der Waals surface area contributed by atoms with Gasteiger partial charge in [-0.2, -0.15) is 0 Å².